The number of rotatable bonds is 6. The number of benzene rings is 1. The van der Waals surface area contributed by atoms with Crippen molar-refractivity contribution in [2.24, 2.45) is 5.92 Å². The Hall–Kier alpha value is -0.870. The fourth-order valence-electron chi connectivity index (χ4n) is 2.69. The zero-order valence-electron chi connectivity index (χ0n) is 12.9. The van der Waals surface area contributed by atoms with Crippen LogP contribution in [0.1, 0.15) is 37.8 Å². The molecule has 0 radical (unpaired) electrons. The number of nitrogens with one attached hydrogen (secondary N) is 2. The predicted octanol–water partition coefficient (Wildman–Crippen LogP) is 3.06. The molecule has 1 unspecified atom stereocenters. The largest absolute Gasteiger partial charge is 0.356 e. The third-order valence-corrected chi connectivity index (χ3v) is 4.38. The molecule has 1 aliphatic rings. The Bertz CT molecular complexity index is 488. The predicted molar refractivity (Wildman–Crippen MR) is 90.4 cm³/mol. The minimum atomic E-state index is 0.149. The second kappa shape index (κ2) is 7.95. The van der Waals surface area contributed by atoms with Crippen molar-refractivity contribution in [2.45, 2.75) is 45.6 Å². The van der Waals surface area contributed by atoms with Crippen molar-refractivity contribution >= 4 is 21.8 Å². The fourth-order valence-corrected chi connectivity index (χ4v) is 3.10. The molecule has 0 bridgehead atoms. The van der Waals surface area contributed by atoms with E-state index in [-0.39, 0.29) is 5.91 Å². The van der Waals surface area contributed by atoms with E-state index in [4.69, 9.17) is 0 Å². The van der Waals surface area contributed by atoms with E-state index in [2.05, 4.69) is 58.6 Å². The topological polar surface area (TPSA) is 41.1 Å². The highest BCUT2D eigenvalue weighted by atomic mass is 79.9. The van der Waals surface area contributed by atoms with E-state index < -0.39 is 0 Å². The normalized spacial score (nSPS) is 17.6. The van der Waals surface area contributed by atoms with Crippen molar-refractivity contribution < 1.29 is 4.79 Å². The SMILES string of the molecule is CC(C)CNC(=O)CCNC1CCc2cc(Br)ccc2C1. The van der Waals surface area contributed by atoms with E-state index >= 15 is 0 Å². The average molecular weight is 353 g/mol. The van der Waals surface area contributed by atoms with Crippen LogP contribution >= 0.6 is 15.9 Å². The summed E-state index contributed by atoms with van der Waals surface area (Å²) in [5.74, 6) is 0.660. The third-order valence-electron chi connectivity index (χ3n) is 3.89. The van der Waals surface area contributed by atoms with Crippen molar-refractivity contribution in [1.29, 1.82) is 0 Å². The first-order valence-corrected chi connectivity index (χ1v) is 8.61. The molecule has 1 atom stereocenters. The number of amides is 1. The number of carbonyl (C=O) groups excluding carboxylic acids is 1. The van der Waals surface area contributed by atoms with E-state index in [1.165, 1.54) is 11.1 Å². The number of hydrogen-bond acceptors (Lipinski definition) is 2. The highest BCUT2D eigenvalue weighted by Gasteiger charge is 2.18. The Morgan fingerprint density at radius 3 is 2.95 bits per heavy atom. The number of hydrogen-bond donors (Lipinski definition) is 2. The van der Waals surface area contributed by atoms with Gasteiger partial charge >= 0.3 is 0 Å². The minimum absolute atomic E-state index is 0.149. The molecule has 0 spiro atoms. The lowest BCUT2D eigenvalue weighted by atomic mass is 9.88. The molecule has 0 aromatic heterocycles. The molecule has 0 fully saturated rings. The summed E-state index contributed by atoms with van der Waals surface area (Å²) < 4.78 is 1.16. The van der Waals surface area contributed by atoms with Crippen LogP contribution in [0.3, 0.4) is 0 Å². The van der Waals surface area contributed by atoms with Gasteiger partial charge in [-0.3, -0.25) is 4.79 Å². The maximum Gasteiger partial charge on any atom is 0.221 e. The highest BCUT2D eigenvalue weighted by molar-refractivity contribution is 9.10. The standard InChI is InChI=1S/C17H25BrN2O/c1-12(2)11-20-17(21)7-8-19-16-6-4-13-9-15(18)5-3-14(13)10-16/h3,5,9,12,16,19H,4,6-8,10-11H2,1-2H3,(H,20,21). The summed E-state index contributed by atoms with van der Waals surface area (Å²) in [6.45, 7) is 5.75. The maximum atomic E-state index is 11.7. The Balaban J connectivity index is 1.71. The second-order valence-corrected chi connectivity index (χ2v) is 7.17. The van der Waals surface area contributed by atoms with Gasteiger partial charge in [0.15, 0.2) is 0 Å². The number of aryl methyl sites for hydroxylation is 1. The lowest BCUT2D eigenvalue weighted by Crippen LogP contribution is -2.37. The smallest absolute Gasteiger partial charge is 0.221 e. The average Bonchev–Trinajstić information content (AvgIpc) is 2.45. The molecular weight excluding hydrogens is 328 g/mol. The highest BCUT2D eigenvalue weighted by Crippen LogP contribution is 2.24. The lowest BCUT2D eigenvalue weighted by Gasteiger charge is -2.25. The second-order valence-electron chi connectivity index (χ2n) is 6.25. The molecule has 4 heteroatoms. The molecule has 2 N–H and O–H groups in total. The van der Waals surface area contributed by atoms with Gasteiger partial charge in [-0.05, 0) is 48.4 Å². The molecule has 1 aromatic rings. The molecule has 0 saturated carbocycles. The molecule has 0 heterocycles. The van der Waals surface area contributed by atoms with Crippen LogP contribution in [0, 0.1) is 5.92 Å². The van der Waals surface area contributed by atoms with Crippen LogP contribution in [0.25, 0.3) is 0 Å². The van der Waals surface area contributed by atoms with Crippen LogP contribution in [0.15, 0.2) is 22.7 Å². The van der Waals surface area contributed by atoms with E-state index in [0.717, 1.165) is 36.8 Å². The van der Waals surface area contributed by atoms with Crippen molar-refractivity contribution in [3.63, 3.8) is 0 Å². The van der Waals surface area contributed by atoms with E-state index in [1.54, 1.807) is 0 Å². The first-order valence-electron chi connectivity index (χ1n) is 7.82. The number of halogens is 1. The van der Waals surface area contributed by atoms with Gasteiger partial charge in [-0.1, -0.05) is 35.8 Å². The zero-order chi connectivity index (χ0) is 15.2. The summed E-state index contributed by atoms with van der Waals surface area (Å²) in [5, 5.41) is 6.48. The van der Waals surface area contributed by atoms with Gasteiger partial charge in [0.1, 0.15) is 0 Å². The minimum Gasteiger partial charge on any atom is -0.356 e. The molecule has 21 heavy (non-hydrogen) atoms. The van der Waals surface area contributed by atoms with Gasteiger partial charge in [-0.2, -0.15) is 0 Å². The summed E-state index contributed by atoms with van der Waals surface area (Å²) in [5.41, 5.74) is 2.89. The van der Waals surface area contributed by atoms with Crippen LogP contribution in [-0.4, -0.2) is 25.0 Å². The Morgan fingerprint density at radius 2 is 2.19 bits per heavy atom. The molecule has 0 aliphatic heterocycles. The van der Waals surface area contributed by atoms with Crippen molar-refractivity contribution in [3.8, 4) is 0 Å². The van der Waals surface area contributed by atoms with Crippen molar-refractivity contribution in [2.75, 3.05) is 13.1 Å². The molecule has 3 nitrogen and oxygen atoms in total. The van der Waals surface area contributed by atoms with Crippen LogP contribution in [0.5, 0.6) is 0 Å². The van der Waals surface area contributed by atoms with Crippen molar-refractivity contribution in [3.05, 3.63) is 33.8 Å². The Labute approximate surface area is 136 Å². The fraction of sp³-hybridized carbons (Fsp3) is 0.588. The third kappa shape index (κ3) is 5.44. The van der Waals surface area contributed by atoms with Gasteiger partial charge < -0.3 is 10.6 Å². The van der Waals surface area contributed by atoms with E-state index in [9.17, 15) is 4.79 Å². The monoisotopic (exact) mass is 352 g/mol. The van der Waals surface area contributed by atoms with E-state index in [1.807, 2.05) is 0 Å². The summed E-state index contributed by atoms with van der Waals surface area (Å²) in [4.78, 5) is 11.7. The molecule has 0 saturated heterocycles. The molecule has 1 aliphatic carbocycles. The zero-order valence-corrected chi connectivity index (χ0v) is 14.5. The van der Waals surface area contributed by atoms with Gasteiger partial charge in [0.2, 0.25) is 5.91 Å². The Kier molecular flexibility index (Phi) is 6.24. The van der Waals surface area contributed by atoms with Gasteiger partial charge in [0, 0.05) is 30.0 Å². The van der Waals surface area contributed by atoms with Gasteiger partial charge in [0.25, 0.3) is 0 Å². The summed E-state index contributed by atoms with van der Waals surface area (Å²) in [6, 6.07) is 7.05. The lowest BCUT2D eigenvalue weighted by molar-refractivity contribution is -0.121. The number of fused-ring (bicyclic) bond motifs is 1. The van der Waals surface area contributed by atoms with E-state index in [0.29, 0.717) is 18.4 Å². The summed E-state index contributed by atoms with van der Waals surface area (Å²) in [7, 11) is 0. The van der Waals surface area contributed by atoms with Gasteiger partial charge in [-0.15, -0.1) is 0 Å². The molecular formula is C17H25BrN2O. The number of carbonyl (C=O) groups is 1. The Morgan fingerprint density at radius 1 is 1.38 bits per heavy atom. The summed E-state index contributed by atoms with van der Waals surface area (Å²) in [6.07, 6.45) is 3.90. The van der Waals surface area contributed by atoms with Gasteiger partial charge in [-0.25, -0.2) is 0 Å². The molecule has 1 aromatic carbocycles. The van der Waals surface area contributed by atoms with Crippen LogP contribution in [0.4, 0.5) is 0 Å². The first-order chi connectivity index (χ1) is 10.0. The first kappa shape index (κ1) is 16.5. The molecule has 1 amide bonds. The van der Waals surface area contributed by atoms with Crippen LogP contribution in [0.2, 0.25) is 0 Å². The quantitative estimate of drug-likeness (QED) is 0.825. The van der Waals surface area contributed by atoms with Crippen LogP contribution < -0.4 is 10.6 Å². The molecule has 2 rings (SSSR count). The summed E-state index contributed by atoms with van der Waals surface area (Å²) >= 11 is 3.53. The maximum absolute atomic E-state index is 11.7. The van der Waals surface area contributed by atoms with Gasteiger partial charge in [0.05, 0.1) is 0 Å². The van der Waals surface area contributed by atoms with Crippen molar-refractivity contribution in [1.82, 2.24) is 10.6 Å². The van der Waals surface area contributed by atoms with Crippen LogP contribution in [-0.2, 0) is 17.6 Å². The molecule has 116 valence electrons.